The molecule has 0 saturated carbocycles. The predicted molar refractivity (Wildman–Crippen MR) is 60.8 cm³/mol. The Balaban J connectivity index is 2.07. The summed E-state index contributed by atoms with van der Waals surface area (Å²) < 4.78 is 5.08. The van der Waals surface area contributed by atoms with E-state index in [2.05, 4.69) is 6.92 Å². The molecule has 0 N–H and O–H groups in total. The third-order valence-electron chi connectivity index (χ3n) is 2.63. The molecule has 1 aliphatic heterocycles. The van der Waals surface area contributed by atoms with Crippen LogP contribution in [0, 0.1) is 5.92 Å². The Hall–Kier alpha value is -0.960. The highest BCUT2D eigenvalue weighted by molar-refractivity contribution is 8.00. The quantitative estimate of drug-likeness (QED) is 0.736. The molecule has 1 aromatic rings. The van der Waals surface area contributed by atoms with Crippen LogP contribution in [-0.4, -0.2) is 17.8 Å². The molecule has 1 aliphatic rings. The number of carbonyl (C=O) groups is 1. The number of hydrogen-bond donors (Lipinski definition) is 0. The second-order valence-electron chi connectivity index (χ2n) is 3.65. The summed E-state index contributed by atoms with van der Waals surface area (Å²) in [6, 6.07) is 10.0. The second kappa shape index (κ2) is 4.71. The number of benzene rings is 1. The van der Waals surface area contributed by atoms with Crippen molar-refractivity contribution in [3.63, 3.8) is 0 Å². The SMILES string of the molecule is CCC1COC(=O)C1Sc1ccccc1. The van der Waals surface area contributed by atoms with E-state index in [9.17, 15) is 4.79 Å². The van der Waals surface area contributed by atoms with Gasteiger partial charge in [0, 0.05) is 10.8 Å². The van der Waals surface area contributed by atoms with Gasteiger partial charge in [0.1, 0.15) is 5.25 Å². The van der Waals surface area contributed by atoms with E-state index in [0.717, 1.165) is 11.3 Å². The maximum atomic E-state index is 11.5. The molecule has 3 heteroatoms. The Morgan fingerprint density at radius 1 is 1.40 bits per heavy atom. The number of hydrogen-bond acceptors (Lipinski definition) is 3. The fourth-order valence-electron chi connectivity index (χ4n) is 1.67. The number of carbonyl (C=O) groups excluding carboxylic acids is 1. The Kier molecular flexibility index (Phi) is 3.31. The highest BCUT2D eigenvalue weighted by Crippen LogP contribution is 2.34. The summed E-state index contributed by atoms with van der Waals surface area (Å²) in [4.78, 5) is 12.6. The Morgan fingerprint density at radius 2 is 2.13 bits per heavy atom. The van der Waals surface area contributed by atoms with E-state index in [1.54, 1.807) is 11.8 Å². The molecule has 0 aromatic heterocycles. The van der Waals surface area contributed by atoms with E-state index in [-0.39, 0.29) is 11.2 Å². The fraction of sp³-hybridized carbons (Fsp3) is 0.417. The van der Waals surface area contributed by atoms with Crippen molar-refractivity contribution >= 4 is 17.7 Å². The van der Waals surface area contributed by atoms with Crippen LogP contribution in [0.25, 0.3) is 0 Å². The van der Waals surface area contributed by atoms with Gasteiger partial charge in [-0.15, -0.1) is 11.8 Å². The van der Waals surface area contributed by atoms with Crippen molar-refractivity contribution in [2.45, 2.75) is 23.5 Å². The lowest BCUT2D eigenvalue weighted by Crippen LogP contribution is -2.17. The summed E-state index contributed by atoms with van der Waals surface area (Å²) in [7, 11) is 0. The molecule has 15 heavy (non-hydrogen) atoms. The summed E-state index contributed by atoms with van der Waals surface area (Å²) >= 11 is 1.62. The molecule has 0 aliphatic carbocycles. The Morgan fingerprint density at radius 3 is 2.80 bits per heavy atom. The van der Waals surface area contributed by atoms with E-state index in [4.69, 9.17) is 4.74 Å². The molecule has 2 atom stereocenters. The van der Waals surface area contributed by atoms with Gasteiger partial charge in [-0.25, -0.2) is 0 Å². The van der Waals surface area contributed by atoms with Crippen LogP contribution >= 0.6 is 11.8 Å². The molecule has 0 spiro atoms. The van der Waals surface area contributed by atoms with Crippen LogP contribution in [0.5, 0.6) is 0 Å². The largest absolute Gasteiger partial charge is 0.464 e. The van der Waals surface area contributed by atoms with Crippen molar-refractivity contribution in [2.75, 3.05) is 6.61 Å². The highest BCUT2D eigenvalue weighted by atomic mass is 32.2. The van der Waals surface area contributed by atoms with E-state index in [1.165, 1.54) is 0 Å². The van der Waals surface area contributed by atoms with Crippen LogP contribution in [0.2, 0.25) is 0 Å². The molecular weight excluding hydrogens is 208 g/mol. The normalized spacial score (nSPS) is 25.3. The van der Waals surface area contributed by atoms with Gasteiger partial charge < -0.3 is 4.74 Å². The summed E-state index contributed by atoms with van der Waals surface area (Å²) in [6.07, 6.45) is 0.996. The lowest BCUT2D eigenvalue weighted by atomic mass is 10.1. The first-order valence-corrected chi connectivity index (χ1v) is 6.07. The molecule has 1 heterocycles. The van der Waals surface area contributed by atoms with Gasteiger partial charge in [0.2, 0.25) is 0 Å². The van der Waals surface area contributed by atoms with Gasteiger partial charge in [-0.2, -0.15) is 0 Å². The standard InChI is InChI=1S/C12H14O2S/c1-2-9-8-14-12(13)11(9)15-10-6-4-3-5-7-10/h3-7,9,11H,2,8H2,1H3. The van der Waals surface area contributed by atoms with Gasteiger partial charge in [-0.3, -0.25) is 4.79 Å². The first-order chi connectivity index (χ1) is 7.31. The minimum atomic E-state index is -0.0595. The number of esters is 1. The molecule has 0 amide bonds. The van der Waals surface area contributed by atoms with Crippen LogP contribution in [0.1, 0.15) is 13.3 Å². The average Bonchev–Trinajstić information content (AvgIpc) is 2.62. The molecule has 1 aromatic carbocycles. The van der Waals surface area contributed by atoms with Crippen molar-refractivity contribution in [2.24, 2.45) is 5.92 Å². The highest BCUT2D eigenvalue weighted by Gasteiger charge is 2.36. The van der Waals surface area contributed by atoms with Crippen molar-refractivity contribution in [1.82, 2.24) is 0 Å². The first-order valence-electron chi connectivity index (χ1n) is 5.19. The first kappa shape index (κ1) is 10.6. The van der Waals surface area contributed by atoms with Crippen molar-refractivity contribution in [3.05, 3.63) is 30.3 Å². The lowest BCUT2D eigenvalue weighted by Gasteiger charge is -2.12. The minimum Gasteiger partial charge on any atom is -0.464 e. The van der Waals surface area contributed by atoms with Crippen LogP contribution in [0.3, 0.4) is 0 Å². The Bertz CT molecular complexity index is 337. The van der Waals surface area contributed by atoms with Gasteiger partial charge in [-0.1, -0.05) is 25.1 Å². The molecule has 0 radical (unpaired) electrons. The van der Waals surface area contributed by atoms with E-state index in [0.29, 0.717) is 12.5 Å². The third-order valence-corrected chi connectivity index (χ3v) is 4.01. The zero-order valence-corrected chi connectivity index (χ0v) is 9.50. The van der Waals surface area contributed by atoms with Crippen molar-refractivity contribution in [1.29, 1.82) is 0 Å². The predicted octanol–water partition coefficient (Wildman–Crippen LogP) is 2.73. The molecule has 80 valence electrons. The molecular formula is C12H14O2S. The smallest absolute Gasteiger partial charge is 0.319 e. The number of ether oxygens (including phenoxy) is 1. The number of thioether (sulfide) groups is 1. The van der Waals surface area contributed by atoms with Crippen molar-refractivity contribution in [3.8, 4) is 0 Å². The van der Waals surface area contributed by atoms with Gasteiger partial charge in [0.25, 0.3) is 0 Å². The zero-order chi connectivity index (χ0) is 10.7. The maximum absolute atomic E-state index is 11.5. The van der Waals surface area contributed by atoms with Crippen LogP contribution in [-0.2, 0) is 9.53 Å². The molecule has 2 nitrogen and oxygen atoms in total. The van der Waals surface area contributed by atoms with Gasteiger partial charge in [0.05, 0.1) is 6.61 Å². The van der Waals surface area contributed by atoms with Gasteiger partial charge >= 0.3 is 5.97 Å². The summed E-state index contributed by atoms with van der Waals surface area (Å²) in [5, 5.41) is -0.0163. The van der Waals surface area contributed by atoms with Crippen LogP contribution in [0.15, 0.2) is 35.2 Å². The average molecular weight is 222 g/mol. The van der Waals surface area contributed by atoms with E-state index in [1.807, 2.05) is 30.3 Å². The maximum Gasteiger partial charge on any atom is 0.319 e. The van der Waals surface area contributed by atoms with E-state index < -0.39 is 0 Å². The lowest BCUT2D eigenvalue weighted by molar-refractivity contribution is -0.137. The second-order valence-corrected chi connectivity index (χ2v) is 4.86. The summed E-state index contributed by atoms with van der Waals surface area (Å²) in [5.74, 6) is 0.304. The zero-order valence-electron chi connectivity index (χ0n) is 8.68. The van der Waals surface area contributed by atoms with Crippen LogP contribution < -0.4 is 0 Å². The molecule has 1 fully saturated rings. The minimum absolute atomic E-state index is 0.0163. The summed E-state index contributed by atoms with van der Waals surface area (Å²) in [5.41, 5.74) is 0. The molecule has 1 saturated heterocycles. The Labute approximate surface area is 94.0 Å². The molecule has 2 unspecified atom stereocenters. The topological polar surface area (TPSA) is 26.3 Å². The molecule has 2 rings (SSSR count). The van der Waals surface area contributed by atoms with Crippen molar-refractivity contribution < 1.29 is 9.53 Å². The summed E-state index contributed by atoms with van der Waals surface area (Å²) in [6.45, 7) is 2.69. The van der Waals surface area contributed by atoms with Crippen LogP contribution in [0.4, 0.5) is 0 Å². The third kappa shape index (κ3) is 2.34. The monoisotopic (exact) mass is 222 g/mol. The van der Waals surface area contributed by atoms with E-state index >= 15 is 0 Å². The number of rotatable bonds is 3. The van der Waals surface area contributed by atoms with Gasteiger partial charge in [-0.05, 0) is 18.6 Å². The van der Waals surface area contributed by atoms with Gasteiger partial charge in [0.15, 0.2) is 0 Å². The fourth-order valence-corrected chi connectivity index (χ4v) is 2.91. The number of cyclic esters (lactones) is 1. The molecule has 0 bridgehead atoms.